The Hall–Kier alpha value is -3.53. The van der Waals surface area contributed by atoms with E-state index in [1.54, 1.807) is 79.7 Å². The fraction of sp³-hybridized carbons (Fsp3) is 0.0769. The molecule has 0 unspecified atom stereocenters. The minimum Gasteiger partial charge on any atom is -0.486 e. The highest BCUT2D eigenvalue weighted by atomic mass is 19.2. The third-order valence-corrected chi connectivity index (χ3v) is 4.91. The highest BCUT2D eigenvalue weighted by Gasteiger charge is 2.16. The van der Waals surface area contributed by atoms with Crippen LogP contribution in [0.1, 0.15) is 11.1 Å². The summed E-state index contributed by atoms with van der Waals surface area (Å²) in [7, 11) is 0. The van der Waals surface area contributed by atoms with Gasteiger partial charge in [0.15, 0.2) is 23.2 Å². The van der Waals surface area contributed by atoms with E-state index in [-0.39, 0.29) is 23.5 Å². The van der Waals surface area contributed by atoms with Gasteiger partial charge < -0.3 is 4.74 Å². The Bertz CT molecular complexity index is 1170. The van der Waals surface area contributed by atoms with E-state index in [1.807, 2.05) is 6.07 Å². The van der Waals surface area contributed by atoms with Crippen LogP contribution < -0.4 is 4.74 Å². The van der Waals surface area contributed by atoms with Crippen molar-refractivity contribution in [1.82, 2.24) is 0 Å². The smallest absolute Gasteiger partial charge is 0.167 e. The highest BCUT2D eigenvalue weighted by Crippen LogP contribution is 2.31. The van der Waals surface area contributed by atoms with Crippen molar-refractivity contribution in [1.29, 1.82) is 0 Å². The first-order valence-electron chi connectivity index (χ1n) is 9.54. The van der Waals surface area contributed by atoms with Crippen LogP contribution in [0.15, 0.2) is 84.9 Å². The molecule has 1 nitrogen and oxygen atoms in total. The van der Waals surface area contributed by atoms with Crippen LogP contribution >= 0.6 is 0 Å². The summed E-state index contributed by atoms with van der Waals surface area (Å²) in [4.78, 5) is 0. The lowest BCUT2D eigenvalue weighted by atomic mass is 9.98. The zero-order valence-corrected chi connectivity index (χ0v) is 16.3. The molecule has 4 aromatic carbocycles. The van der Waals surface area contributed by atoms with Gasteiger partial charge in [0, 0.05) is 11.1 Å². The molecule has 0 N–H and O–H groups in total. The molecule has 0 atom stereocenters. The first kappa shape index (κ1) is 19.8. The van der Waals surface area contributed by atoms with Crippen LogP contribution in [-0.4, -0.2) is 0 Å². The van der Waals surface area contributed by atoms with Gasteiger partial charge in [0.05, 0.1) is 0 Å². The largest absolute Gasteiger partial charge is 0.486 e. The monoisotopic (exact) mass is 404 g/mol. The lowest BCUT2D eigenvalue weighted by Gasteiger charge is -2.11. The summed E-state index contributed by atoms with van der Waals surface area (Å²) in [6.07, 6.45) is 0. The van der Waals surface area contributed by atoms with E-state index < -0.39 is 17.5 Å². The Morgan fingerprint density at radius 1 is 0.667 bits per heavy atom. The molecule has 0 heterocycles. The molecule has 0 aromatic heterocycles. The molecule has 0 saturated carbocycles. The van der Waals surface area contributed by atoms with Crippen LogP contribution in [0.4, 0.5) is 13.2 Å². The van der Waals surface area contributed by atoms with Gasteiger partial charge >= 0.3 is 0 Å². The second-order valence-electron chi connectivity index (χ2n) is 7.07. The zero-order valence-electron chi connectivity index (χ0n) is 16.3. The molecule has 0 saturated heterocycles. The molecule has 0 bridgehead atoms. The fourth-order valence-electron chi connectivity index (χ4n) is 3.28. The molecule has 0 aliphatic carbocycles. The first-order chi connectivity index (χ1) is 14.5. The predicted octanol–water partition coefficient (Wildman–Crippen LogP) is 7.33. The van der Waals surface area contributed by atoms with Crippen molar-refractivity contribution in [2.45, 2.75) is 13.5 Å². The minimum absolute atomic E-state index is 0.171. The average Bonchev–Trinajstić information content (AvgIpc) is 2.76. The van der Waals surface area contributed by atoms with Crippen molar-refractivity contribution in [3.63, 3.8) is 0 Å². The van der Waals surface area contributed by atoms with Gasteiger partial charge in [-0.3, -0.25) is 0 Å². The molecule has 4 heteroatoms. The van der Waals surface area contributed by atoms with Gasteiger partial charge in [-0.15, -0.1) is 0 Å². The SMILES string of the molecule is Cc1ccc(OCc2ccc(-c3ccc(-c4ccccc4)c(F)c3F)cc2)c(F)c1. The highest BCUT2D eigenvalue weighted by molar-refractivity contribution is 5.71. The van der Waals surface area contributed by atoms with Gasteiger partial charge in [-0.05, 0) is 41.3 Å². The van der Waals surface area contributed by atoms with E-state index in [4.69, 9.17) is 4.74 Å². The minimum atomic E-state index is -0.887. The number of hydrogen-bond acceptors (Lipinski definition) is 1. The summed E-state index contributed by atoms with van der Waals surface area (Å²) < 4.78 is 48.8. The number of aryl methyl sites for hydroxylation is 1. The van der Waals surface area contributed by atoms with E-state index in [1.165, 1.54) is 6.07 Å². The summed E-state index contributed by atoms with van der Waals surface area (Å²) in [5, 5.41) is 0. The lowest BCUT2D eigenvalue weighted by molar-refractivity contribution is 0.290. The maximum absolute atomic E-state index is 14.7. The maximum Gasteiger partial charge on any atom is 0.167 e. The van der Waals surface area contributed by atoms with Crippen LogP contribution in [0.25, 0.3) is 22.3 Å². The summed E-state index contributed by atoms with van der Waals surface area (Å²) in [5.41, 5.74) is 3.19. The van der Waals surface area contributed by atoms with Gasteiger partial charge in [0.2, 0.25) is 0 Å². The molecule has 0 fully saturated rings. The zero-order chi connectivity index (χ0) is 21.1. The van der Waals surface area contributed by atoms with Crippen LogP contribution in [-0.2, 0) is 6.61 Å². The Morgan fingerprint density at radius 2 is 1.27 bits per heavy atom. The van der Waals surface area contributed by atoms with Crippen LogP contribution in [0.2, 0.25) is 0 Å². The molecule has 4 aromatic rings. The predicted molar refractivity (Wildman–Crippen MR) is 113 cm³/mol. The Balaban J connectivity index is 1.53. The molecule has 0 spiro atoms. The van der Waals surface area contributed by atoms with Crippen molar-refractivity contribution >= 4 is 0 Å². The number of hydrogen-bond donors (Lipinski definition) is 0. The van der Waals surface area contributed by atoms with Gasteiger partial charge in [0.1, 0.15) is 6.61 Å². The second-order valence-corrected chi connectivity index (χ2v) is 7.07. The fourth-order valence-corrected chi connectivity index (χ4v) is 3.28. The standard InChI is InChI=1S/C26H19F3O/c1-17-7-14-24(23(27)15-17)30-16-18-8-10-20(11-9-18)22-13-12-21(25(28)26(22)29)19-5-3-2-4-6-19/h2-15H,16H2,1H3. The number of halogens is 3. The number of benzene rings is 4. The van der Waals surface area contributed by atoms with Crippen LogP contribution in [0, 0.1) is 24.4 Å². The average molecular weight is 404 g/mol. The third kappa shape index (κ3) is 4.08. The summed E-state index contributed by atoms with van der Waals surface area (Å²) >= 11 is 0. The molecule has 0 aliphatic heterocycles. The quantitative estimate of drug-likeness (QED) is 0.338. The van der Waals surface area contributed by atoms with Gasteiger partial charge in [0.25, 0.3) is 0 Å². The molecule has 0 aliphatic rings. The molecule has 150 valence electrons. The van der Waals surface area contributed by atoms with Crippen molar-refractivity contribution in [3.05, 3.63) is 114 Å². The Labute approximate surface area is 173 Å². The summed E-state index contributed by atoms with van der Waals surface area (Å²) in [6, 6.07) is 23.7. The summed E-state index contributed by atoms with van der Waals surface area (Å²) in [5.74, 6) is -2.00. The Kier molecular flexibility index (Phi) is 5.57. The van der Waals surface area contributed by atoms with E-state index in [0.29, 0.717) is 11.1 Å². The van der Waals surface area contributed by atoms with Crippen molar-refractivity contribution < 1.29 is 17.9 Å². The molecule has 0 radical (unpaired) electrons. The van der Waals surface area contributed by atoms with E-state index in [2.05, 4.69) is 0 Å². The lowest BCUT2D eigenvalue weighted by Crippen LogP contribution is -1.98. The van der Waals surface area contributed by atoms with Gasteiger partial charge in [-0.25, -0.2) is 13.2 Å². The third-order valence-electron chi connectivity index (χ3n) is 4.91. The van der Waals surface area contributed by atoms with Crippen molar-refractivity contribution in [3.8, 4) is 28.0 Å². The normalized spacial score (nSPS) is 10.8. The van der Waals surface area contributed by atoms with Crippen LogP contribution in [0.3, 0.4) is 0 Å². The first-order valence-corrected chi connectivity index (χ1v) is 9.54. The summed E-state index contributed by atoms with van der Waals surface area (Å²) in [6.45, 7) is 1.98. The molecule has 0 amide bonds. The van der Waals surface area contributed by atoms with Gasteiger partial charge in [-0.1, -0.05) is 72.8 Å². The topological polar surface area (TPSA) is 9.23 Å². The van der Waals surface area contributed by atoms with E-state index in [0.717, 1.165) is 11.1 Å². The van der Waals surface area contributed by atoms with Gasteiger partial charge in [-0.2, -0.15) is 0 Å². The molecular formula is C26H19F3O. The number of ether oxygens (including phenoxy) is 1. The molecule has 30 heavy (non-hydrogen) atoms. The van der Waals surface area contributed by atoms with E-state index in [9.17, 15) is 13.2 Å². The van der Waals surface area contributed by atoms with E-state index >= 15 is 0 Å². The molecular weight excluding hydrogens is 385 g/mol. The Morgan fingerprint density at radius 3 is 1.87 bits per heavy atom. The van der Waals surface area contributed by atoms with Crippen molar-refractivity contribution in [2.24, 2.45) is 0 Å². The van der Waals surface area contributed by atoms with Crippen molar-refractivity contribution in [2.75, 3.05) is 0 Å². The van der Waals surface area contributed by atoms with Crippen LogP contribution in [0.5, 0.6) is 5.75 Å². The maximum atomic E-state index is 14.7. The second kappa shape index (κ2) is 8.46. The molecule has 4 rings (SSSR count). The number of rotatable bonds is 5.